The van der Waals surface area contributed by atoms with E-state index in [1.54, 1.807) is 6.33 Å². The first-order chi connectivity index (χ1) is 16.1. The van der Waals surface area contributed by atoms with Gasteiger partial charge in [0.05, 0.1) is 5.75 Å². The minimum atomic E-state index is -0.125. The van der Waals surface area contributed by atoms with Crippen molar-refractivity contribution in [2.45, 2.75) is 18.5 Å². The molecule has 0 aliphatic carbocycles. The highest BCUT2D eigenvalue weighted by Crippen LogP contribution is 2.19. The lowest BCUT2D eigenvalue weighted by atomic mass is 10.2. The van der Waals surface area contributed by atoms with Crippen LogP contribution in [0.3, 0.4) is 0 Å². The highest BCUT2D eigenvalue weighted by atomic mass is 32.2. The Morgan fingerprint density at radius 2 is 1.70 bits per heavy atom. The molecule has 0 bridgehead atoms. The molecule has 1 aromatic heterocycles. The van der Waals surface area contributed by atoms with Crippen molar-refractivity contribution in [1.29, 1.82) is 0 Å². The summed E-state index contributed by atoms with van der Waals surface area (Å²) in [6.45, 7) is 5.41. The number of hydrogen-bond donors (Lipinski definition) is 1. The van der Waals surface area contributed by atoms with Crippen molar-refractivity contribution in [2.24, 2.45) is 0 Å². The highest BCUT2D eigenvalue weighted by molar-refractivity contribution is 7.99. The fraction of sp³-hybridized carbons (Fsp3) is 0.333. The van der Waals surface area contributed by atoms with E-state index in [1.165, 1.54) is 23.0 Å². The van der Waals surface area contributed by atoms with Gasteiger partial charge in [0, 0.05) is 50.5 Å². The summed E-state index contributed by atoms with van der Waals surface area (Å²) < 4.78 is 1.86. The van der Waals surface area contributed by atoms with E-state index in [-0.39, 0.29) is 17.6 Å². The van der Waals surface area contributed by atoms with Crippen LogP contribution in [0.2, 0.25) is 0 Å². The van der Waals surface area contributed by atoms with E-state index < -0.39 is 0 Å². The van der Waals surface area contributed by atoms with Crippen LogP contribution in [0.1, 0.15) is 12.0 Å². The molecule has 8 nitrogen and oxygen atoms in total. The van der Waals surface area contributed by atoms with Gasteiger partial charge in [0.15, 0.2) is 5.16 Å². The van der Waals surface area contributed by atoms with Gasteiger partial charge >= 0.3 is 0 Å². The van der Waals surface area contributed by atoms with Crippen molar-refractivity contribution in [3.05, 3.63) is 66.5 Å². The van der Waals surface area contributed by atoms with Crippen LogP contribution in [0, 0.1) is 6.92 Å². The van der Waals surface area contributed by atoms with Gasteiger partial charge in [-0.2, -0.15) is 0 Å². The molecule has 1 fully saturated rings. The molecule has 33 heavy (non-hydrogen) atoms. The first-order valence-corrected chi connectivity index (χ1v) is 12.0. The first kappa shape index (κ1) is 22.8. The summed E-state index contributed by atoms with van der Waals surface area (Å²) in [7, 11) is 0. The molecule has 4 rings (SSSR count). The molecule has 0 saturated carbocycles. The quantitative estimate of drug-likeness (QED) is 0.516. The van der Waals surface area contributed by atoms with Crippen molar-refractivity contribution in [3.8, 4) is 5.69 Å². The van der Waals surface area contributed by atoms with Crippen LogP contribution in [0.4, 0.5) is 5.69 Å². The molecule has 2 aromatic carbocycles. The fourth-order valence-electron chi connectivity index (χ4n) is 3.71. The minimum absolute atomic E-state index is 0.0785. The van der Waals surface area contributed by atoms with Gasteiger partial charge in [-0.05, 0) is 31.2 Å². The summed E-state index contributed by atoms with van der Waals surface area (Å²) in [5.41, 5.74) is 3.31. The maximum atomic E-state index is 12.5. The summed E-state index contributed by atoms with van der Waals surface area (Å²) in [5.74, 6) is 0.170. The van der Waals surface area contributed by atoms with E-state index >= 15 is 0 Å². The van der Waals surface area contributed by atoms with Gasteiger partial charge in [-0.25, -0.2) is 0 Å². The molecular formula is C24H28N6O2S. The minimum Gasteiger partial charge on any atom is -0.368 e. The predicted molar refractivity (Wildman–Crippen MR) is 130 cm³/mol. The molecular weight excluding hydrogens is 436 g/mol. The summed E-state index contributed by atoms with van der Waals surface area (Å²) in [6, 6.07) is 18.3. The number of hydrogen-bond acceptors (Lipinski definition) is 6. The van der Waals surface area contributed by atoms with E-state index in [0.717, 1.165) is 18.8 Å². The average Bonchev–Trinajstić information content (AvgIpc) is 3.32. The van der Waals surface area contributed by atoms with Gasteiger partial charge < -0.3 is 15.1 Å². The number of benzene rings is 2. The van der Waals surface area contributed by atoms with Crippen molar-refractivity contribution < 1.29 is 9.59 Å². The SMILES string of the molecule is Cc1ccc(-n2cnnc2SCC(=O)NCCC(=O)N2CCN(c3ccccc3)CC2)cc1. The highest BCUT2D eigenvalue weighted by Gasteiger charge is 2.21. The van der Waals surface area contributed by atoms with Crippen LogP contribution in [-0.2, 0) is 9.59 Å². The van der Waals surface area contributed by atoms with Gasteiger partial charge in [0.25, 0.3) is 0 Å². The number of nitrogens with zero attached hydrogens (tertiary/aromatic N) is 5. The molecule has 0 atom stereocenters. The Kier molecular flexibility index (Phi) is 7.62. The van der Waals surface area contributed by atoms with Crippen LogP contribution in [0.5, 0.6) is 0 Å². The lowest BCUT2D eigenvalue weighted by molar-refractivity contribution is -0.131. The van der Waals surface area contributed by atoms with E-state index in [1.807, 2.05) is 58.9 Å². The van der Waals surface area contributed by atoms with Crippen LogP contribution < -0.4 is 10.2 Å². The zero-order valence-corrected chi connectivity index (χ0v) is 19.5. The Morgan fingerprint density at radius 1 is 0.970 bits per heavy atom. The van der Waals surface area contributed by atoms with Gasteiger partial charge in [-0.1, -0.05) is 47.7 Å². The Labute approximate surface area is 198 Å². The second kappa shape index (κ2) is 11.0. The number of carbonyl (C=O) groups is 2. The van der Waals surface area contributed by atoms with Crippen molar-refractivity contribution in [1.82, 2.24) is 25.0 Å². The number of aryl methyl sites for hydroxylation is 1. The number of para-hydroxylation sites is 1. The van der Waals surface area contributed by atoms with Crippen LogP contribution >= 0.6 is 11.8 Å². The zero-order valence-electron chi connectivity index (χ0n) is 18.7. The summed E-state index contributed by atoms with van der Waals surface area (Å²) >= 11 is 1.32. The molecule has 0 spiro atoms. The number of nitrogens with one attached hydrogen (secondary N) is 1. The van der Waals surface area contributed by atoms with Gasteiger partial charge in [-0.15, -0.1) is 10.2 Å². The zero-order chi connectivity index (χ0) is 23.0. The molecule has 1 N–H and O–H groups in total. The van der Waals surface area contributed by atoms with Crippen molar-refractivity contribution in [2.75, 3.05) is 43.4 Å². The molecule has 1 saturated heterocycles. The lowest BCUT2D eigenvalue weighted by Gasteiger charge is -2.36. The maximum absolute atomic E-state index is 12.5. The number of anilines is 1. The van der Waals surface area contributed by atoms with Crippen molar-refractivity contribution in [3.63, 3.8) is 0 Å². The van der Waals surface area contributed by atoms with E-state index in [4.69, 9.17) is 0 Å². The third kappa shape index (κ3) is 6.13. The number of aromatic nitrogens is 3. The fourth-order valence-corrected chi connectivity index (χ4v) is 4.47. The maximum Gasteiger partial charge on any atom is 0.230 e. The molecule has 1 aliphatic rings. The van der Waals surface area contributed by atoms with E-state index in [9.17, 15) is 9.59 Å². The Hall–Kier alpha value is -3.33. The topological polar surface area (TPSA) is 83.4 Å². The Morgan fingerprint density at radius 3 is 2.42 bits per heavy atom. The van der Waals surface area contributed by atoms with Gasteiger partial charge in [0.2, 0.25) is 11.8 Å². The van der Waals surface area contributed by atoms with E-state index in [0.29, 0.717) is 31.2 Å². The summed E-state index contributed by atoms with van der Waals surface area (Å²) in [5, 5.41) is 11.6. The monoisotopic (exact) mass is 464 g/mol. The molecule has 0 unspecified atom stereocenters. The molecule has 0 radical (unpaired) electrons. The Balaban J connectivity index is 1.17. The predicted octanol–water partition coefficient (Wildman–Crippen LogP) is 2.52. The number of piperazine rings is 1. The third-order valence-electron chi connectivity index (χ3n) is 5.58. The molecule has 9 heteroatoms. The summed E-state index contributed by atoms with van der Waals surface area (Å²) in [6.07, 6.45) is 1.95. The standard InChI is InChI=1S/C24H28N6O2S/c1-19-7-9-21(10-8-19)30-18-26-27-24(30)33-17-22(31)25-12-11-23(32)29-15-13-28(14-16-29)20-5-3-2-4-6-20/h2-10,18H,11-17H2,1H3,(H,25,31). The Bertz CT molecular complexity index is 1060. The average molecular weight is 465 g/mol. The largest absolute Gasteiger partial charge is 0.368 e. The first-order valence-electron chi connectivity index (χ1n) is 11.0. The number of rotatable bonds is 8. The van der Waals surface area contributed by atoms with Gasteiger partial charge in [-0.3, -0.25) is 14.2 Å². The number of carbonyl (C=O) groups excluding carboxylic acids is 2. The third-order valence-corrected chi connectivity index (χ3v) is 6.52. The second-order valence-electron chi connectivity index (χ2n) is 7.91. The summed E-state index contributed by atoms with van der Waals surface area (Å²) in [4.78, 5) is 29.0. The van der Waals surface area contributed by atoms with Gasteiger partial charge in [0.1, 0.15) is 6.33 Å². The molecule has 1 aliphatic heterocycles. The molecule has 172 valence electrons. The lowest BCUT2D eigenvalue weighted by Crippen LogP contribution is -2.49. The van der Waals surface area contributed by atoms with E-state index in [2.05, 4.69) is 32.5 Å². The normalized spacial score (nSPS) is 13.7. The number of amides is 2. The smallest absolute Gasteiger partial charge is 0.230 e. The number of thioether (sulfide) groups is 1. The molecule has 2 amide bonds. The van der Waals surface area contributed by atoms with Crippen LogP contribution in [0.25, 0.3) is 5.69 Å². The molecule has 2 heterocycles. The van der Waals surface area contributed by atoms with Crippen molar-refractivity contribution >= 4 is 29.3 Å². The second-order valence-corrected chi connectivity index (χ2v) is 8.85. The van der Waals surface area contributed by atoms with Crippen LogP contribution in [0.15, 0.2) is 66.1 Å². The van der Waals surface area contributed by atoms with Crippen LogP contribution in [-0.4, -0.2) is 70.0 Å². The molecule has 3 aromatic rings.